The first-order valence-corrected chi connectivity index (χ1v) is 7.24. The van der Waals surface area contributed by atoms with Crippen LogP contribution in [0.15, 0.2) is 59.3 Å². The van der Waals surface area contributed by atoms with E-state index in [0.717, 1.165) is 10.5 Å². The van der Waals surface area contributed by atoms with Gasteiger partial charge in [0.1, 0.15) is 16.5 Å². The third-order valence-electron chi connectivity index (χ3n) is 3.52. The minimum atomic E-state index is -0.634. The van der Waals surface area contributed by atoms with Crippen LogP contribution in [-0.4, -0.2) is 11.8 Å². The molecule has 116 valence electrons. The summed E-state index contributed by atoms with van der Waals surface area (Å²) in [6.07, 6.45) is 0. The highest BCUT2D eigenvalue weighted by Crippen LogP contribution is 2.32. The second-order valence-electron chi connectivity index (χ2n) is 5.03. The number of anilines is 2. The Balaban J connectivity index is 1.97. The fraction of sp³-hybridized carbons (Fsp3) is 0.0588. The number of nitrogens with one attached hydrogen (secondary N) is 1. The van der Waals surface area contributed by atoms with E-state index in [-0.39, 0.29) is 16.4 Å². The SMILES string of the molecule is Cc1ccccc1N1C(=O)C(Cl)=C(Nc2ccccc2F)C1=O. The average Bonchev–Trinajstić information content (AvgIpc) is 2.74. The summed E-state index contributed by atoms with van der Waals surface area (Å²) in [5.74, 6) is -1.79. The maximum atomic E-state index is 13.7. The van der Waals surface area contributed by atoms with Gasteiger partial charge in [0, 0.05) is 0 Å². The van der Waals surface area contributed by atoms with Crippen molar-refractivity contribution < 1.29 is 14.0 Å². The van der Waals surface area contributed by atoms with E-state index in [4.69, 9.17) is 11.6 Å². The van der Waals surface area contributed by atoms with Crippen LogP contribution in [0, 0.1) is 12.7 Å². The molecule has 0 atom stereocenters. The minimum absolute atomic E-state index is 0.0773. The van der Waals surface area contributed by atoms with Crippen LogP contribution in [0.1, 0.15) is 5.56 Å². The topological polar surface area (TPSA) is 49.4 Å². The van der Waals surface area contributed by atoms with Gasteiger partial charge in [-0.05, 0) is 30.7 Å². The normalized spacial score (nSPS) is 14.7. The highest BCUT2D eigenvalue weighted by molar-refractivity contribution is 6.53. The molecule has 0 fully saturated rings. The molecule has 2 aromatic rings. The number of hydrogen-bond donors (Lipinski definition) is 1. The zero-order valence-corrected chi connectivity index (χ0v) is 12.9. The Morgan fingerprint density at radius 1 is 1.00 bits per heavy atom. The lowest BCUT2D eigenvalue weighted by Gasteiger charge is -2.17. The Morgan fingerprint density at radius 3 is 2.35 bits per heavy atom. The van der Waals surface area contributed by atoms with Crippen molar-refractivity contribution in [2.24, 2.45) is 0 Å². The van der Waals surface area contributed by atoms with Gasteiger partial charge in [0.25, 0.3) is 11.8 Å². The molecule has 0 aliphatic carbocycles. The first kappa shape index (κ1) is 15.2. The molecule has 0 spiro atoms. The van der Waals surface area contributed by atoms with Crippen molar-refractivity contribution in [3.8, 4) is 0 Å². The Kier molecular flexibility index (Phi) is 3.88. The van der Waals surface area contributed by atoms with Crippen LogP contribution in [-0.2, 0) is 9.59 Å². The molecule has 6 heteroatoms. The Morgan fingerprint density at radius 2 is 1.65 bits per heavy atom. The zero-order valence-electron chi connectivity index (χ0n) is 12.1. The Bertz CT molecular complexity index is 848. The predicted octanol–water partition coefficient (Wildman–Crippen LogP) is 3.57. The summed E-state index contributed by atoms with van der Waals surface area (Å²) in [5, 5.41) is 2.36. The lowest BCUT2D eigenvalue weighted by Crippen LogP contribution is -2.32. The lowest BCUT2D eigenvalue weighted by atomic mass is 10.2. The molecule has 23 heavy (non-hydrogen) atoms. The molecular weight excluding hydrogens is 319 g/mol. The molecule has 4 nitrogen and oxygen atoms in total. The number of aryl methyl sites for hydroxylation is 1. The number of hydrogen-bond acceptors (Lipinski definition) is 3. The molecule has 2 aromatic carbocycles. The number of carbonyl (C=O) groups is 2. The van der Waals surface area contributed by atoms with Crippen LogP contribution in [0.4, 0.5) is 15.8 Å². The number of carbonyl (C=O) groups excluding carboxylic acids is 2. The number of amides is 2. The van der Waals surface area contributed by atoms with Crippen molar-refractivity contribution in [3.63, 3.8) is 0 Å². The lowest BCUT2D eigenvalue weighted by molar-refractivity contribution is -0.120. The number of nitrogens with zero attached hydrogens (tertiary/aromatic N) is 1. The monoisotopic (exact) mass is 330 g/mol. The molecule has 0 aromatic heterocycles. The summed E-state index contributed by atoms with van der Waals surface area (Å²) in [7, 11) is 0. The van der Waals surface area contributed by atoms with E-state index >= 15 is 0 Å². The minimum Gasteiger partial charge on any atom is -0.347 e. The van der Waals surface area contributed by atoms with Crippen LogP contribution in [0.3, 0.4) is 0 Å². The summed E-state index contributed by atoms with van der Waals surface area (Å²) in [5.41, 5.74) is 1.15. The average molecular weight is 331 g/mol. The highest BCUT2D eigenvalue weighted by atomic mass is 35.5. The number of benzene rings is 2. The summed E-state index contributed by atoms with van der Waals surface area (Å²) in [4.78, 5) is 25.9. The second-order valence-corrected chi connectivity index (χ2v) is 5.40. The van der Waals surface area contributed by atoms with Gasteiger partial charge in [0.05, 0.1) is 11.4 Å². The third-order valence-corrected chi connectivity index (χ3v) is 3.87. The third kappa shape index (κ3) is 2.59. The quantitative estimate of drug-likeness (QED) is 0.875. The summed E-state index contributed by atoms with van der Waals surface area (Å²) < 4.78 is 13.7. The van der Waals surface area contributed by atoms with Crippen LogP contribution >= 0.6 is 11.6 Å². The second kappa shape index (κ2) is 5.85. The van der Waals surface area contributed by atoms with Gasteiger partial charge in [0.15, 0.2) is 0 Å². The summed E-state index contributed by atoms with van der Waals surface area (Å²) >= 11 is 6.01. The number of imide groups is 1. The van der Waals surface area contributed by atoms with Gasteiger partial charge in [-0.2, -0.15) is 0 Å². The molecule has 0 unspecified atom stereocenters. The Labute approximate surface area is 137 Å². The first-order chi connectivity index (χ1) is 11.0. The fourth-order valence-electron chi connectivity index (χ4n) is 2.34. The molecule has 1 aliphatic heterocycles. The van der Waals surface area contributed by atoms with Gasteiger partial charge in [-0.1, -0.05) is 41.9 Å². The number of para-hydroxylation sites is 2. The summed E-state index contributed by atoms with van der Waals surface area (Å²) in [6.45, 7) is 1.78. The maximum absolute atomic E-state index is 13.7. The van der Waals surface area contributed by atoms with Crippen molar-refractivity contribution in [2.45, 2.75) is 6.92 Å². The maximum Gasteiger partial charge on any atom is 0.283 e. The predicted molar refractivity (Wildman–Crippen MR) is 86.6 cm³/mol. The zero-order chi connectivity index (χ0) is 16.6. The van der Waals surface area contributed by atoms with Crippen molar-refractivity contribution in [1.29, 1.82) is 0 Å². The fourth-order valence-corrected chi connectivity index (χ4v) is 2.55. The largest absolute Gasteiger partial charge is 0.347 e. The van der Waals surface area contributed by atoms with E-state index in [1.54, 1.807) is 37.3 Å². The molecule has 1 heterocycles. The van der Waals surface area contributed by atoms with E-state index in [1.807, 2.05) is 0 Å². The van der Waals surface area contributed by atoms with Gasteiger partial charge in [0.2, 0.25) is 0 Å². The van der Waals surface area contributed by atoms with E-state index in [2.05, 4.69) is 5.32 Å². The summed E-state index contributed by atoms with van der Waals surface area (Å²) in [6, 6.07) is 12.8. The molecule has 0 saturated carbocycles. The Hall–Kier alpha value is -2.66. The molecule has 1 aliphatic rings. The highest BCUT2D eigenvalue weighted by Gasteiger charge is 2.39. The molecule has 0 radical (unpaired) electrons. The standard InChI is InChI=1S/C17H12ClFN2O2/c1-10-6-2-5-9-13(10)21-16(22)14(18)15(17(21)23)20-12-8-4-3-7-11(12)19/h2-9,20H,1H3. The van der Waals surface area contributed by atoms with Gasteiger partial charge in [-0.25, -0.2) is 9.29 Å². The van der Waals surface area contributed by atoms with Crippen molar-refractivity contribution >= 4 is 34.8 Å². The van der Waals surface area contributed by atoms with E-state index in [9.17, 15) is 14.0 Å². The molecule has 0 bridgehead atoms. The van der Waals surface area contributed by atoms with Gasteiger partial charge in [-0.3, -0.25) is 9.59 Å². The van der Waals surface area contributed by atoms with Crippen LogP contribution in [0.5, 0.6) is 0 Å². The van der Waals surface area contributed by atoms with Crippen LogP contribution in [0.25, 0.3) is 0 Å². The number of halogens is 2. The van der Waals surface area contributed by atoms with E-state index in [1.165, 1.54) is 18.2 Å². The molecule has 2 amide bonds. The van der Waals surface area contributed by atoms with Crippen molar-refractivity contribution in [2.75, 3.05) is 10.2 Å². The van der Waals surface area contributed by atoms with E-state index < -0.39 is 17.6 Å². The van der Waals surface area contributed by atoms with Crippen molar-refractivity contribution in [1.82, 2.24) is 0 Å². The van der Waals surface area contributed by atoms with Crippen molar-refractivity contribution in [3.05, 3.63) is 70.6 Å². The smallest absolute Gasteiger partial charge is 0.283 e. The molecule has 0 saturated heterocycles. The number of rotatable bonds is 3. The molecular formula is C17H12ClFN2O2. The molecule has 3 rings (SSSR count). The van der Waals surface area contributed by atoms with Crippen LogP contribution in [0.2, 0.25) is 0 Å². The van der Waals surface area contributed by atoms with Gasteiger partial charge < -0.3 is 5.32 Å². The first-order valence-electron chi connectivity index (χ1n) is 6.86. The van der Waals surface area contributed by atoms with Gasteiger partial charge in [-0.15, -0.1) is 0 Å². The van der Waals surface area contributed by atoms with Gasteiger partial charge >= 0.3 is 0 Å². The van der Waals surface area contributed by atoms with E-state index in [0.29, 0.717) is 5.69 Å². The van der Waals surface area contributed by atoms with Crippen LogP contribution < -0.4 is 10.2 Å². The molecule has 1 N–H and O–H groups in total.